The molecule has 1 saturated heterocycles. The Balaban J connectivity index is 1.79. The van der Waals surface area contributed by atoms with Crippen LogP contribution in [0.5, 0.6) is 0 Å². The van der Waals surface area contributed by atoms with Crippen LogP contribution in [0.15, 0.2) is 18.5 Å². The van der Waals surface area contributed by atoms with Crippen molar-refractivity contribution < 1.29 is 4.79 Å². The lowest BCUT2D eigenvalue weighted by Gasteiger charge is -2.33. The highest BCUT2D eigenvalue weighted by Crippen LogP contribution is 2.19. The number of likely N-dealkylation sites (tertiary alicyclic amines) is 1. The zero-order chi connectivity index (χ0) is 13.0. The summed E-state index contributed by atoms with van der Waals surface area (Å²) in [4.78, 5) is 13.8. The molecule has 2 rings (SSSR count). The fourth-order valence-corrected chi connectivity index (χ4v) is 2.42. The molecule has 2 heterocycles. The maximum Gasteiger partial charge on any atom is 0.239 e. The molecular formula is C13H22N4O. The Labute approximate surface area is 108 Å². The molecule has 1 aliphatic rings. The summed E-state index contributed by atoms with van der Waals surface area (Å²) in [7, 11) is 0. The van der Waals surface area contributed by atoms with Gasteiger partial charge in [-0.2, -0.15) is 5.10 Å². The molecule has 1 atom stereocenters. The molecule has 18 heavy (non-hydrogen) atoms. The highest BCUT2D eigenvalue weighted by Gasteiger charge is 2.25. The predicted molar refractivity (Wildman–Crippen MR) is 69.8 cm³/mol. The van der Waals surface area contributed by atoms with Gasteiger partial charge in [0.1, 0.15) is 0 Å². The SMILES string of the molecule is CC[C@H](N)C(=O)N1CCC(Cn2cccn2)CC1. The molecule has 0 aliphatic carbocycles. The number of aromatic nitrogens is 2. The normalized spacial score (nSPS) is 18.9. The molecule has 1 amide bonds. The molecule has 0 radical (unpaired) electrons. The third-order valence-corrected chi connectivity index (χ3v) is 3.69. The van der Waals surface area contributed by atoms with E-state index in [2.05, 4.69) is 5.10 Å². The van der Waals surface area contributed by atoms with E-state index in [1.54, 1.807) is 6.20 Å². The van der Waals surface area contributed by atoms with E-state index in [0.29, 0.717) is 12.3 Å². The molecule has 5 nitrogen and oxygen atoms in total. The number of rotatable bonds is 4. The first-order valence-corrected chi connectivity index (χ1v) is 6.72. The zero-order valence-electron chi connectivity index (χ0n) is 11.0. The molecule has 0 spiro atoms. The van der Waals surface area contributed by atoms with Crippen LogP contribution in [0, 0.1) is 5.92 Å². The second-order valence-electron chi connectivity index (χ2n) is 5.01. The molecule has 100 valence electrons. The smallest absolute Gasteiger partial charge is 0.239 e. The van der Waals surface area contributed by atoms with Crippen LogP contribution in [0.25, 0.3) is 0 Å². The number of piperidine rings is 1. The maximum atomic E-state index is 11.9. The molecule has 2 N–H and O–H groups in total. The monoisotopic (exact) mass is 250 g/mol. The van der Waals surface area contributed by atoms with Crippen molar-refractivity contribution in [1.82, 2.24) is 14.7 Å². The first kappa shape index (κ1) is 13.1. The summed E-state index contributed by atoms with van der Waals surface area (Å²) in [6.07, 6.45) is 6.60. The Hall–Kier alpha value is -1.36. The van der Waals surface area contributed by atoms with Gasteiger partial charge in [0.15, 0.2) is 0 Å². The second kappa shape index (κ2) is 6.00. The summed E-state index contributed by atoms with van der Waals surface area (Å²) in [6, 6.07) is 1.62. The van der Waals surface area contributed by atoms with Crippen LogP contribution in [0.1, 0.15) is 26.2 Å². The van der Waals surface area contributed by atoms with E-state index >= 15 is 0 Å². The molecule has 1 aromatic rings. The molecule has 1 aromatic heterocycles. The van der Waals surface area contributed by atoms with Crippen LogP contribution in [0.2, 0.25) is 0 Å². The minimum absolute atomic E-state index is 0.107. The van der Waals surface area contributed by atoms with Crippen molar-refractivity contribution in [3.63, 3.8) is 0 Å². The first-order chi connectivity index (χ1) is 8.70. The zero-order valence-corrected chi connectivity index (χ0v) is 11.0. The molecular weight excluding hydrogens is 228 g/mol. The largest absolute Gasteiger partial charge is 0.341 e. The average Bonchev–Trinajstić information content (AvgIpc) is 2.91. The van der Waals surface area contributed by atoms with Crippen LogP contribution in [0.4, 0.5) is 0 Å². The summed E-state index contributed by atoms with van der Waals surface area (Å²) < 4.78 is 1.97. The fraction of sp³-hybridized carbons (Fsp3) is 0.692. The van der Waals surface area contributed by atoms with Crippen LogP contribution in [0.3, 0.4) is 0 Å². The standard InChI is InChI=1S/C13H22N4O/c1-2-12(14)13(18)16-8-4-11(5-9-16)10-17-7-3-6-15-17/h3,6-7,11-12H,2,4-5,8-10,14H2,1H3/t12-/m0/s1. The summed E-state index contributed by atoms with van der Waals surface area (Å²) in [5, 5.41) is 4.22. The number of hydrogen-bond acceptors (Lipinski definition) is 3. The predicted octanol–water partition coefficient (Wildman–Crippen LogP) is 0.859. The van der Waals surface area contributed by atoms with Crippen molar-refractivity contribution in [2.75, 3.05) is 13.1 Å². The average molecular weight is 250 g/mol. The van der Waals surface area contributed by atoms with Gasteiger partial charge in [0, 0.05) is 32.0 Å². The minimum Gasteiger partial charge on any atom is -0.341 e. The van der Waals surface area contributed by atoms with Crippen LogP contribution in [-0.2, 0) is 11.3 Å². The number of carbonyl (C=O) groups excluding carboxylic acids is 1. The van der Waals surface area contributed by atoms with E-state index in [-0.39, 0.29) is 11.9 Å². The third kappa shape index (κ3) is 3.10. The third-order valence-electron chi connectivity index (χ3n) is 3.69. The summed E-state index contributed by atoms with van der Waals surface area (Å²) in [6.45, 7) is 4.57. The van der Waals surface area contributed by atoms with Gasteiger partial charge in [-0.25, -0.2) is 0 Å². The van der Waals surface area contributed by atoms with E-state index in [0.717, 1.165) is 32.5 Å². The Morgan fingerprint density at radius 1 is 1.50 bits per heavy atom. The Kier molecular flexibility index (Phi) is 4.36. The summed E-state index contributed by atoms with van der Waals surface area (Å²) in [5.74, 6) is 0.724. The molecule has 0 saturated carbocycles. The molecule has 1 fully saturated rings. The van der Waals surface area contributed by atoms with E-state index in [9.17, 15) is 4.79 Å². The maximum absolute atomic E-state index is 11.9. The molecule has 1 aliphatic heterocycles. The van der Waals surface area contributed by atoms with E-state index < -0.39 is 0 Å². The topological polar surface area (TPSA) is 64.2 Å². The molecule has 0 unspecified atom stereocenters. The van der Waals surface area contributed by atoms with Crippen LogP contribution < -0.4 is 5.73 Å². The number of carbonyl (C=O) groups is 1. The van der Waals surface area contributed by atoms with Gasteiger partial charge in [-0.3, -0.25) is 9.48 Å². The van der Waals surface area contributed by atoms with Gasteiger partial charge in [0.05, 0.1) is 6.04 Å². The lowest BCUT2D eigenvalue weighted by molar-refractivity contribution is -0.134. The van der Waals surface area contributed by atoms with Gasteiger partial charge in [-0.15, -0.1) is 0 Å². The van der Waals surface area contributed by atoms with Crippen molar-refractivity contribution >= 4 is 5.91 Å². The van der Waals surface area contributed by atoms with E-state index in [1.165, 1.54) is 0 Å². The lowest BCUT2D eigenvalue weighted by atomic mass is 9.96. The molecule has 0 bridgehead atoms. The number of nitrogens with zero attached hydrogens (tertiary/aromatic N) is 3. The van der Waals surface area contributed by atoms with E-state index in [1.807, 2.05) is 28.8 Å². The van der Waals surface area contributed by atoms with Crippen molar-refractivity contribution in [2.24, 2.45) is 11.7 Å². The number of amides is 1. The summed E-state index contributed by atoms with van der Waals surface area (Å²) in [5.41, 5.74) is 5.79. The Bertz CT molecular complexity index is 368. The fourth-order valence-electron chi connectivity index (χ4n) is 2.42. The molecule has 5 heteroatoms. The van der Waals surface area contributed by atoms with Gasteiger partial charge in [0.2, 0.25) is 5.91 Å². The molecule has 0 aromatic carbocycles. The highest BCUT2D eigenvalue weighted by molar-refractivity contribution is 5.81. The Morgan fingerprint density at radius 3 is 2.78 bits per heavy atom. The van der Waals surface area contributed by atoms with Gasteiger partial charge >= 0.3 is 0 Å². The van der Waals surface area contributed by atoms with Crippen molar-refractivity contribution in [1.29, 1.82) is 0 Å². The van der Waals surface area contributed by atoms with Crippen LogP contribution in [-0.4, -0.2) is 39.7 Å². The number of hydrogen-bond donors (Lipinski definition) is 1. The first-order valence-electron chi connectivity index (χ1n) is 6.72. The van der Waals surface area contributed by atoms with E-state index in [4.69, 9.17) is 5.73 Å². The van der Waals surface area contributed by atoms with Gasteiger partial charge in [0.25, 0.3) is 0 Å². The van der Waals surface area contributed by atoms with Crippen LogP contribution >= 0.6 is 0 Å². The summed E-state index contributed by atoms with van der Waals surface area (Å²) >= 11 is 0. The number of nitrogens with two attached hydrogens (primary N) is 1. The quantitative estimate of drug-likeness (QED) is 0.862. The van der Waals surface area contributed by atoms with Gasteiger partial charge in [-0.1, -0.05) is 6.92 Å². The Morgan fingerprint density at radius 2 is 2.22 bits per heavy atom. The van der Waals surface area contributed by atoms with Crippen molar-refractivity contribution in [3.8, 4) is 0 Å². The lowest BCUT2D eigenvalue weighted by Crippen LogP contribution is -2.47. The van der Waals surface area contributed by atoms with Crippen molar-refractivity contribution in [3.05, 3.63) is 18.5 Å². The minimum atomic E-state index is -0.326. The van der Waals surface area contributed by atoms with Gasteiger partial charge < -0.3 is 10.6 Å². The van der Waals surface area contributed by atoms with Gasteiger partial charge in [-0.05, 0) is 31.2 Å². The van der Waals surface area contributed by atoms with Crippen molar-refractivity contribution in [2.45, 2.75) is 38.8 Å². The highest BCUT2D eigenvalue weighted by atomic mass is 16.2. The second-order valence-corrected chi connectivity index (χ2v) is 5.01.